The van der Waals surface area contributed by atoms with Crippen molar-refractivity contribution in [2.75, 3.05) is 38.3 Å². The van der Waals surface area contributed by atoms with E-state index in [0.29, 0.717) is 12.6 Å². The second-order valence-corrected chi connectivity index (χ2v) is 5.71. The molecule has 4 heteroatoms. The lowest BCUT2D eigenvalue weighted by Gasteiger charge is -2.46. The summed E-state index contributed by atoms with van der Waals surface area (Å²) >= 11 is 2.04. The Labute approximate surface area is 97.7 Å². The summed E-state index contributed by atoms with van der Waals surface area (Å²) in [6, 6.07) is 0.633. The molecular weight excluding hydrogens is 208 g/mol. The zero-order chi connectivity index (χ0) is 11.3. The van der Waals surface area contributed by atoms with Crippen molar-refractivity contribution in [3.63, 3.8) is 0 Å². The minimum atomic E-state index is 0.108. The van der Waals surface area contributed by atoms with E-state index in [2.05, 4.69) is 18.7 Å². The Kier molecular flexibility index (Phi) is 5.39. The monoisotopic (exact) mass is 232 g/mol. The summed E-state index contributed by atoms with van der Waals surface area (Å²) in [7, 11) is 1.76. The first-order chi connectivity index (χ1) is 7.14. The molecule has 1 rings (SSSR count). The summed E-state index contributed by atoms with van der Waals surface area (Å²) in [6.07, 6.45) is 1.02. The summed E-state index contributed by atoms with van der Waals surface area (Å²) < 4.78 is 5.18. The van der Waals surface area contributed by atoms with Gasteiger partial charge in [0.1, 0.15) is 0 Å². The molecule has 0 radical (unpaired) electrons. The van der Waals surface area contributed by atoms with Crippen LogP contribution in [0.3, 0.4) is 0 Å². The molecule has 0 bridgehead atoms. The fourth-order valence-electron chi connectivity index (χ4n) is 2.21. The van der Waals surface area contributed by atoms with Crippen LogP contribution in [0.4, 0.5) is 0 Å². The van der Waals surface area contributed by atoms with Crippen LogP contribution in [0.25, 0.3) is 0 Å². The second-order valence-electron chi connectivity index (χ2n) is 4.56. The normalized spacial score (nSPS) is 27.6. The largest absolute Gasteiger partial charge is 0.385 e. The topological polar surface area (TPSA) is 38.5 Å². The summed E-state index contributed by atoms with van der Waals surface area (Å²) in [6.45, 7) is 7.23. The maximum Gasteiger partial charge on any atom is 0.0480 e. The number of nitrogens with two attached hydrogens (primary N) is 1. The Morgan fingerprint density at radius 2 is 2.33 bits per heavy atom. The van der Waals surface area contributed by atoms with Crippen LogP contribution in [0, 0.1) is 0 Å². The molecule has 1 heterocycles. The molecule has 1 aliphatic heterocycles. The van der Waals surface area contributed by atoms with Gasteiger partial charge < -0.3 is 10.5 Å². The number of hydrogen-bond donors (Lipinski definition) is 1. The highest BCUT2D eigenvalue weighted by Crippen LogP contribution is 2.26. The van der Waals surface area contributed by atoms with Gasteiger partial charge in [-0.25, -0.2) is 0 Å². The third-order valence-corrected chi connectivity index (χ3v) is 4.53. The average Bonchev–Trinajstić information content (AvgIpc) is 2.26. The zero-order valence-corrected chi connectivity index (χ0v) is 11.0. The molecule has 0 amide bonds. The van der Waals surface area contributed by atoms with Gasteiger partial charge in [-0.2, -0.15) is 11.8 Å². The first-order valence-electron chi connectivity index (χ1n) is 5.67. The Morgan fingerprint density at radius 1 is 1.60 bits per heavy atom. The van der Waals surface area contributed by atoms with Crippen molar-refractivity contribution in [1.82, 2.24) is 4.90 Å². The highest BCUT2D eigenvalue weighted by molar-refractivity contribution is 7.99. The first kappa shape index (κ1) is 13.3. The van der Waals surface area contributed by atoms with Gasteiger partial charge in [0.25, 0.3) is 0 Å². The molecule has 1 fully saturated rings. The van der Waals surface area contributed by atoms with Gasteiger partial charge in [-0.3, -0.25) is 4.90 Å². The lowest BCUT2D eigenvalue weighted by molar-refractivity contribution is 0.0487. The fourth-order valence-corrected chi connectivity index (χ4v) is 3.23. The molecule has 90 valence electrons. The zero-order valence-electron chi connectivity index (χ0n) is 10.2. The third-order valence-electron chi connectivity index (χ3n) is 3.35. The van der Waals surface area contributed by atoms with Crippen LogP contribution in [-0.4, -0.2) is 54.8 Å². The maximum absolute atomic E-state index is 5.94. The van der Waals surface area contributed by atoms with Crippen molar-refractivity contribution in [1.29, 1.82) is 0 Å². The van der Waals surface area contributed by atoms with Gasteiger partial charge in [-0.05, 0) is 20.3 Å². The second kappa shape index (κ2) is 6.09. The smallest absolute Gasteiger partial charge is 0.0480 e. The molecule has 1 saturated heterocycles. The quantitative estimate of drug-likeness (QED) is 0.772. The van der Waals surface area contributed by atoms with Crippen LogP contribution in [0.5, 0.6) is 0 Å². The Bertz CT molecular complexity index is 191. The summed E-state index contributed by atoms with van der Waals surface area (Å²) in [5.74, 6) is 2.45. The summed E-state index contributed by atoms with van der Waals surface area (Å²) in [4.78, 5) is 2.56. The molecule has 2 atom stereocenters. The van der Waals surface area contributed by atoms with Crippen LogP contribution >= 0.6 is 11.8 Å². The van der Waals surface area contributed by atoms with Crippen LogP contribution < -0.4 is 5.73 Å². The van der Waals surface area contributed by atoms with E-state index in [0.717, 1.165) is 19.6 Å². The van der Waals surface area contributed by atoms with Crippen LogP contribution in [0.15, 0.2) is 0 Å². The van der Waals surface area contributed by atoms with Crippen molar-refractivity contribution >= 4 is 11.8 Å². The molecule has 0 spiro atoms. The highest BCUT2D eigenvalue weighted by atomic mass is 32.2. The first-order valence-corrected chi connectivity index (χ1v) is 6.83. The van der Waals surface area contributed by atoms with Gasteiger partial charge in [0, 0.05) is 49.9 Å². The SMILES string of the molecule is COCCC(C)(CN)N1CCSCC1C. The van der Waals surface area contributed by atoms with Gasteiger partial charge in [0.2, 0.25) is 0 Å². The van der Waals surface area contributed by atoms with Gasteiger partial charge in [-0.15, -0.1) is 0 Å². The van der Waals surface area contributed by atoms with E-state index in [1.54, 1.807) is 7.11 Å². The predicted octanol–water partition coefficient (Wildman–Crippen LogP) is 1.18. The van der Waals surface area contributed by atoms with E-state index in [1.807, 2.05) is 11.8 Å². The van der Waals surface area contributed by atoms with E-state index in [-0.39, 0.29) is 5.54 Å². The molecular formula is C11H24N2OS. The molecule has 0 aromatic rings. The number of nitrogens with zero attached hydrogens (tertiary/aromatic N) is 1. The lowest BCUT2D eigenvalue weighted by atomic mass is 9.94. The van der Waals surface area contributed by atoms with Gasteiger partial charge in [-0.1, -0.05) is 0 Å². The molecule has 0 saturated carbocycles. The molecule has 15 heavy (non-hydrogen) atoms. The van der Waals surface area contributed by atoms with Gasteiger partial charge in [0.15, 0.2) is 0 Å². The maximum atomic E-state index is 5.94. The Hall–Kier alpha value is 0.230. The van der Waals surface area contributed by atoms with Crippen molar-refractivity contribution in [3.8, 4) is 0 Å². The van der Waals surface area contributed by atoms with Crippen LogP contribution in [0.2, 0.25) is 0 Å². The van der Waals surface area contributed by atoms with Crippen LogP contribution in [0.1, 0.15) is 20.3 Å². The number of hydrogen-bond acceptors (Lipinski definition) is 4. The summed E-state index contributed by atoms with van der Waals surface area (Å²) in [5.41, 5.74) is 6.04. The van der Waals surface area contributed by atoms with Gasteiger partial charge in [0.05, 0.1) is 0 Å². The molecule has 0 aromatic heterocycles. The number of thioether (sulfide) groups is 1. The van der Waals surface area contributed by atoms with Crippen molar-refractivity contribution in [2.45, 2.75) is 31.8 Å². The van der Waals surface area contributed by atoms with E-state index in [4.69, 9.17) is 10.5 Å². The Morgan fingerprint density at radius 3 is 2.87 bits per heavy atom. The molecule has 0 aliphatic carbocycles. The molecule has 1 aliphatic rings. The van der Waals surface area contributed by atoms with Crippen molar-refractivity contribution in [2.24, 2.45) is 5.73 Å². The van der Waals surface area contributed by atoms with E-state index in [9.17, 15) is 0 Å². The fraction of sp³-hybridized carbons (Fsp3) is 1.00. The number of rotatable bonds is 5. The molecule has 3 nitrogen and oxygen atoms in total. The minimum absolute atomic E-state index is 0.108. The van der Waals surface area contributed by atoms with Crippen LogP contribution in [-0.2, 0) is 4.74 Å². The van der Waals surface area contributed by atoms with Gasteiger partial charge >= 0.3 is 0 Å². The Balaban J connectivity index is 2.61. The third kappa shape index (κ3) is 3.34. The lowest BCUT2D eigenvalue weighted by Crippen LogP contribution is -2.58. The van der Waals surface area contributed by atoms with E-state index in [1.165, 1.54) is 11.5 Å². The highest BCUT2D eigenvalue weighted by Gasteiger charge is 2.34. The van der Waals surface area contributed by atoms with E-state index >= 15 is 0 Å². The van der Waals surface area contributed by atoms with Crippen molar-refractivity contribution < 1.29 is 4.74 Å². The number of ether oxygens (including phenoxy) is 1. The average molecular weight is 232 g/mol. The van der Waals surface area contributed by atoms with E-state index < -0.39 is 0 Å². The predicted molar refractivity (Wildman–Crippen MR) is 67.4 cm³/mol. The summed E-state index contributed by atoms with van der Waals surface area (Å²) in [5, 5.41) is 0. The molecule has 0 aromatic carbocycles. The molecule has 2 unspecified atom stereocenters. The molecule has 2 N–H and O–H groups in total. The van der Waals surface area contributed by atoms with Crippen molar-refractivity contribution in [3.05, 3.63) is 0 Å². The number of methoxy groups -OCH3 is 1. The standard InChI is InChI=1S/C11H24N2OS/c1-10-8-15-7-5-13(10)11(2,9-12)4-6-14-3/h10H,4-9,12H2,1-3H3. The minimum Gasteiger partial charge on any atom is -0.385 e.